The van der Waals surface area contributed by atoms with Gasteiger partial charge in [-0.15, -0.1) is 4.83 Å². The maximum atomic E-state index is 12.4. The van der Waals surface area contributed by atoms with E-state index in [1.807, 2.05) is 32.0 Å². The Morgan fingerprint density at radius 3 is 2.68 bits per heavy atom. The Labute approximate surface area is 147 Å². The molecule has 2 aromatic rings. The van der Waals surface area contributed by atoms with Gasteiger partial charge in [0.05, 0.1) is 17.1 Å². The van der Waals surface area contributed by atoms with Crippen LogP contribution in [0.5, 0.6) is 5.75 Å². The normalized spacial score (nSPS) is 15.8. The van der Waals surface area contributed by atoms with Gasteiger partial charge >= 0.3 is 0 Å². The first-order valence-corrected chi connectivity index (χ1v) is 9.50. The van der Waals surface area contributed by atoms with E-state index in [9.17, 15) is 13.2 Å². The van der Waals surface area contributed by atoms with E-state index in [4.69, 9.17) is 4.74 Å². The van der Waals surface area contributed by atoms with Crippen molar-refractivity contribution in [3.05, 3.63) is 59.2 Å². The predicted octanol–water partition coefficient (Wildman–Crippen LogP) is 2.42. The highest BCUT2D eigenvalue weighted by atomic mass is 32.2. The molecular weight excluding hydrogens is 340 g/mol. The standard InChI is InChI=1S/C18H20N2O4S/c1-13-8-9-14(2)16(12-13)24-11-5-10-20-18(21)15-6-3-4-7-17(15)25(22,23)19-20/h3-4,6-9,12,19H,5,10-11H2,1-2H3. The quantitative estimate of drug-likeness (QED) is 0.831. The van der Waals surface area contributed by atoms with E-state index < -0.39 is 10.0 Å². The number of carbonyl (C=O) groups is 1. The molecule has 7 heteroatoms. The Morgan fingerprint density at radius 1 is 1.12 bits per heavy atom. The second-order valence-electron chi connectivity index (χ2n) is 6.02. The SMILES string of the molecule is Cc1ccc(C)c(OCCCN2NS(=O)(=O)c3ccccc3C2=O)c1. The molecule has 0 bridgehead atoms. The molecule has 132 valence electrons. The zero-order valence-electron chi connectivity index (χ0n) is 14.2. The lowest BCUT2D eigenvalue weighted by Crippen LogP contribution is -2.50. The number of hydrogen-bond acceptors (Lipinski definition) is 4. The number of rotatable bonds is 5. The molecule has 1 N–H and O–H groups in total. The van der Waals surface area contributed by atoms with E-state index in [0.717, 1.165) is 21.9 Å². The zero-order valence-corrected chi connectivity index (χ0v) is 15.0. The minimum Gasteiger partial charge on any atom is -0.493 e. The summed E-state index contributed by atoms with van der Waals surface area (Å²) in [6, 6.07) is 12.2. The number of benzene rings is 2. The molecule has 2 aromatic carbocycles. The lowest BCUT2D eigenvalue weighted by atomic mass is 10.1. The second-order valence-corrected chi connectivity index (χ2v) is 7.65. The molecular formula is C18H20N2O4S. The smallest absolute Gasteiger partial charge is 0.270 e. The van der Waals surface area contributed by atoms with Crippen molar-refractivity contribution in [2.45, 2.75) is 25.2 Å². The van der Waals surface area contributed by atoms with Gasteiger partial charge in [0, 0.05) is 13.0 Å². The lowest BCUT2D eigenvalue weighted by molar-refractivity contribution is 0.0692. The van der Waals surface area contributed by atoms with Gasteiger partial charge in [-0.3, -0.25) is 9.80 Å². The molecule has 25 heavy (non-hydrogen) atoms. The number of fused-ring (bicyclic) bond motifs is 1. The second kappa shape index (κ2) is 6.85. The van der Waals surface area contributed by atoms with Crippen LogP contribution in [0.4, 0.5) is 0 Å². The maximum Gasteiger partial charge on any atom is 0.270 e. The summed E-state index contributed by atoms with van der Waals surface area (Å²) in [5, 5.41) is 1.13. The van der Waals surface area contributed by atoms with Gasteiger partial charge in [0.25, 0.3) is 15.9 Å². The van der Waals surface area contributed by atoms with Crippen LogP contribution in [-0.4, -0.2) is 32.5 Å². The molecule has 0 saturated carbocycles. The van der Waals surface area contributed by atoms with Crippen molar-refractivity contribution in [2.75, 3.05) is 13.2 Å². The van der Waals surface area contributed by atoms with Crippen molar-refractivity contribution < 1.29 is 17.9 Å². The molecule has 0 aromatic heterocycles. The molecule has 6 nitrogen and oxygen atoms in total. The monoisotopic (exact) mass is 360 g/mol. The van der Waals surface area contributed by atoms with Crippen molar-refractivity contribution in [3.8, 4) is 5.75 Å². The molecule has 1 aliphatic rings. The molecule has 0 saturated heterocycles. The van der Waals surface area contributed by atoms with Crippen molar-refractivity contribution in [1.82, 2.24) is 9.84 Å². The van der Waals surface area contributed by atoms with Crippen LogP contribution in [0, 0.1) is 13.8 Å². The van der Waals surface area contributed by atoms with Gasteiger partial charge in [0.1, 0.15) is 5.75 Å². The minimum absolute atomic E-state index is 0.0166. The number of nitrogens with one attached hydrogen (secondary N) is 1. The van der Waals surface area contributed by atoms with E-state index >= 15 is 0 Å². The maximum absolute atomic E-state index is 12.4. The van der Waals surface area contributed by atoms with Crippen molar-refractivity contribution in [1.29, 1.82) is 0 Å². The average Bonchev–Trinajstić information content (AvgIpc) is 2.59. The summed E-state index contributed by atoms with van der Waals surface area (Å²) >= 11 is 0. The fraction of sp³-hybridized carbons (Fsp3) is 0.278. The third kappa shape index (κ3) is 3.67. The van der Waals surface area contributed by atoms with Gasteiger partial charge in [-0.25, -0.2) is 8.42 Å². The topological polar surface area (TPSA) is 75.7 Å². The predicted molar refractivity (Wildman–Crippen MR) is 93.8 cm³/mol. The van der Waals surface area contributed by atoms with E-state index in [0.29, 0.717) is 13.0 Å². The molecule has 1 aliphatic heterocycles. The highest BCUT2D eigenvalue weighted by Gasteiger charge is 2.33. The number of nitrogens with zero attached hydrogens (tertiary/aromatic N) is 1. The number of aryl methyl sites for hydroxylation is 2. The molecule has 0 fully saturated rings. The summed E-state index contributed by atoms with van der Waals surface area (Å²) in [5.74, 6) is 0.452. The van der Waals surface area contributed by atoms with Crippen LogP contribution in [0.2, 0.25) is 0 Å². The minimum atomic E-state index is -3.71. The van der Waals surface area contributed by atoms with Gasteiger partial charge in [-0.2, -0.15) is 0 Å². The Balaban J connectivity index is 1.63. The van der Waals surface area contributed by atoms with Crippen LogP contribution in [0.1, 0.15) is 27.9 Å². The highest BCUT2D eigenvalue weighted by Crippen LogP contribution is 2.22. The van der Waals surface area contributed by atoms with Gasteiger partial charge in [0.2, 0.25) is 0 Å². The van der Waals surface area contributed by atoms with Crippen LogP contribution in [-0.2, 0) is 10.0 Å². The first-order valence-electron chi connectivity index (χ1n) is 8.02. The largest absolute Gasteiger partial charge is 0.493 e. The van der Waals surface area contributed by atoms with Crippen LogP contribution in [0.15, 0.2) is 47.4 Å². The third-order valence-electron chi connectivity index (χ3n) is 4.01. The Bertz CT molecular complexity index is 909. The van der Waals surface area contributed by atoms with Gasteiger partial charge < -0.3 is 4.74 Å². The number of ether oxygens (including phenoxy) is 1. The van der Waals surface area contributed by atoms with Crippen LogP contribution < -0.4 is 9.57 Å². The summed E-state index contributed by atoms with van der Waals surface area (Å²) < 4.78 is 30.2. The van der Waals surface area contributed by atoms with Gasteiger partial charge in [-0.1, -0.05) is 24.3 Å². The third-order valence-corrected chi connectivity index (χ3v) is 5.41. The summed E-state index contributed by atoms with van der Waals surface area (Å²) in [7, 11) is -3.71. The van der Waals surface area contributed by atoms with Gasteiger partial charge in [-0.05, 0) is 43.2 Å². The molecule has 0 radical (unpaired) electrons. The fourth-order valence-electron chi connectivity index (χ4n) is 2.67. The molecule has 0 atom stereocenters. The number of hydrogen-bond donors (Lipinski definition) is 1. The van der Waals surface area contributed by atoms with Crippen molar-refractivity contribution in [3.63, 3.8) is 0 Å². The Hall–Kier alpha value is -2.38. The zero-order chi connectivity index (χ0) is 18.0. The molecule has 0 spiro atoms. The molecule has 1 heterocycles. The van der Waals surface area contributed by atoms with Crippen LogP contribution in [0.25, 0.3) is 0 Å². The molecule has 0 unspecified atom stereocenters. The first-order chi connectivity index (χ1) is 11.9. The summed E-state index contributed by atoms with van der Waals surface area (Å²) in [4.78, 5) is 14.8. The molecule has 0 aliphatic carbocycles. The molecule has 1 amide bonds. The number of sulfonamides is 1. The summed E-state index contributed by atoms with van der Waals surface area (Å²) in [6.07, 6.45) is 0.504. The van der Waals surface area contributed by atoms with Crippen molar-refractivity contribution in [2.24, 2.45) is 0 Å². The highest BCUT2D eigenvalue weighted by molar-refractivity contribution is 7.89. The number of amides is 1. The number of hydrazine groups is 1. The molecule has 3 rings (SSSR count). The van der Waals surface area contributed by atoms with E-state index in [2.05, 4.69) is 4.83 Å². The first kappa shape index (κ1) is 17.4. The Morgan fingerprint density at radius 2 is 1.88 bits per heavy atom. The number of carbonyl (C=O) groups excluding carboxylic acids is 1. The lowest BCUT2D eigenvalue weighted by Gasteiger charge is -2.28. The van der Waals surface area contributed by atoms with Gasteiger partial charge in [0.15, 0.2) is 0 Å². The Kier molecular flexibility index (Phi) is 4.78. The van der Waals surface area contributed by atoms with E-state index in [1.54, 1.807) is 12.1 Å². The van der Waals surface area contributed by atoms with Crippen molar-refractivity contribution >= 4 is 15.9 Å². The van der Waals surface area contributed by atoms with E-state index in [-0.39, 0.29) is 22.9 Å². The van der Waals surface area contributed by atoms with Crippen LogP contribution in [0.3, 0.4) is 0 Å². The fourth-order valence-corrected chi connectivity index (χ4v) is 3.94. The summed E-state index contributed by atoms with van der Waals surface area (Å²) in [6.45, 7) is 4.58. The van der Waals surface area contributed by atoms with E-state index in [1.165, 1.54) is 12.1 Å². The average molecular weight is 360 g/mol. The summed E-state index contributed by atoms with van der Waals surface area (Å²) in [5.41, 5.74) is 2.34. The van der Waals surface area contributed by atoms with Crippen LogP contribution >= 0.6 is 0 Å².